The fourth-order valence-corrected chi connectivity index (χ4v) is 4.86. The van der Waals surface area contributed by atoms with Crippen molar-refractivity contribution in [1.29, 1.82) is 0 Å². The van der Waals surface area contributed by atoms with Crippen molar-refractivity contribution in [2.75, 3.05) is 32.7 Å². The van der Waals surface area contributed by atoms with Crippen LogP contribution in [0.4, 0.5) is 9.18 Å². The Morgan fingerprint density at radius 2 is 1.75 bits per heavy atom. The van der Waals surface area contributed by atoms with Gasteiger partial charge in [-0.3, -0.25) is 9.78 Å². The molecule has 0 N–H and O–H groups in total. The number of nitrogens with zero attached hydrogens (tertiary/aromatic N) is 4. The number of carbonyl (C=O) groups excluding carboxylic acids is 1. The maximum atomic E-state index is 13.7. The maximum Gasteiger partial charge on any atom is 0.410 e. The van der Waals surface area contributed by atoms with Gasteiger partial charge < -0.3 is 19.1 Å². The number of amides is 1. The van der Waals surface area contributed by atoms with Gasteiger partial charge in [0.05, 0.1) is 17.2 Å². The molecule has 0 atom stereocenters. The van der Waals surface area contributed by atoms with E-state index in [2.05, 4.69) is 9.88 Å². The highest BCUT2D eigenvalue weighted by Gasteiger charge is 2.39. The summed E-state index contributed by atoms with van der Waals surface area (Å²) in [4.78, 5) is 33.0. The molecular formula is C24H33FN4O3. The highest BCUT2D eigenvalue weighted by Crippen LogP contribution is 2.41. The number of likely N-dealkylation sites (tertiary alicyclic amines) is 2. The molecule has 0 radical (unpaired) electrons. The Hall–Kier alpha value is -2.48. The van der Waals surface area contributed by atoms with E-state index in [9.17, 15) is 14.0 Å². The molecule has 174 valence electrons. The number of piperidine rings is 2. The smallest absolute Gasteiger partial charge is 0.410 e. The molecule has 2 fully saturated rings. The molecule has 4 rings (SSSR count). The molecule has 7 nitrogen and oxygen atoms in total. The quantitative estimate of drug-likeness (QED) is 0.723. The second-order valence-electron chi connectivity index (χ2n) is 10.2. The molecule has 2 aliphatic heterocycles. The first-order valence-electron chi connectivity index (χ1n) is 11.5. The molecule has 32 heavy (non-hydrogen) atoms. The zero-order chi connectivity index (χ0) is 22.9. The topological polar surface area (TPSA) is 67.7 Å². The molecule has 0 unspecified atom stereocenters. The third-order valence-electron chi connectivity index (χ3n) is 6.84. The minimum Gasteiger partial charge on any atom is -0.444 e. The number of ether oxygens (including phenoxy) is 1. The van der Waals surface area contributed by atoms with Crippen molar-refractivity contribution in [3.8, 4) is 0 Å². The third-order valence-corrected chi connectivity index (χ3v) is 6.84. The van der Waals surface area contributed by atoms with Gasteiger partial charge in [0.25, 0.3) is 5.56 Å². The van der Waals surface area contributed by atoms with Crippen molar-refractivity contribution in [3.63, 3.8) is 0 Å². The minimum absolute atomic E-state index is 0.132. The van der Waals surface area contributed by atoms with Gasteiger partial charge in [-0.05, 0) is 71.0 Å². The Balaban J connectivity index is 1.31. The monoisotopic (exact) mass is 444 g/mol. The summed E-state index contributed by atoms with van der Waals surface area (Å²) in [5.74, 6) is -0.436. The molecule has 1 spiro atoms. The third kappa shape index (κ3) is 5.11. The number of rotatable bonds is 3. The summed E-state index contributed by atoms with van der Waals surface area (Å²) in [7, 11) is 0. The largest absolute Gasteiger partial charge is 0.444 e. The number of aromatic nitrogens is 2. The highest BCUT2D eigenvalue weighted by molar-refractivity contribution is 5.74. The van der Waals surface area contributed by atoms with Gasteiger partial charge in [-0.2, -0.15) is 0 Å². The average molecular weight is 445 g/mol. The van der Waals surface area contributed by atoms with Crippen LogP contribution in [-0.4, -0.2) is 63.8 Å². The van der Waals surface area contributed by atoms with E-state index in [1.165, 1.54) is 18.3 Å². The van der Waals surface area contributed by atoms with Gasteiger partial charge in [0.15, 0.2) is 0 Å². The van der Waals surface area contributed by atoms with E-state index in [1.807, 2.05) is 25.7 Å². The Bertz CT molecular complexity index is 1030. The molecule has 0 saturated carbocycles. The summed E-state index contributed by atoms with van der Waals surface area (Å²) in [6.07, 6.45) is 5.17. The van der Waals surface area contributed by atoms with Crippen LogP contribution in [0.5, 0.6) is 0 Å². The predicted molar refractivity (Wildman–Crippen MR) is 121 cm³/mol. The highest BCUT2D eigenvalue weighted by atomic mass is 19.1. The van der Waals surface area contributed by atoms with Crippen LogP contribution in [-0.2, 0) is 11.3 Å². The fourth-order valence-electron chi connectivity index (χ4n) is 4.86. The average Bonchev–Trinajstić information content (AvgIpc) is 2.73. The molecule has 2 saturated heterocycles. The summed E-state index contributed by atoms with van der Waals surface area (Å²) in [6.45, 7) is 10.4. The lowest BCUT2D eigenvalue weighted by molar-refractivity contribution is -0.00261. The van der Waals surface area contributed by atoms with Gasteiger partial charge in [-0.1, -0.05) is 0 Å². The lowest BCUT2D eigenvalue weighted by atomic mass is 9.71. The standard InChI is InChI=1S/C24H33FN4O3/c1-23(2,3)32-22(31)28-12-8-24(9-13-28)6-10-27(11-7-24)14-15-29-20-16-18(25)17-26-19(20)4-5-21(29)30/h4-5,16-17H,6-15H2,1-3H3. The number of halogens is 1. The van der Waals surface area contributed by atoms with E-state index < -0.39 is 11.4 Å². The lowest BCUT2D eigenvalue weighted by Gasteiger charge is -2.46. The van der Waals surface area contributed by atoms with Crippen molar-refractivity contribution in [1.82, 2.24) is 19.4 Å². The summed E-state index contributed by atoms with van der Waals surface area (Å²) in [6, 6.07) is 4.52. The number of fused-ring (bicyclic) bond motifs is 1. The molecule has 0 bridgehead atoms. The summed E-state index contributed by atoms with van der Waals surface area (Å²) in [5, 5.41) is 0. The Kier molecular flexibility index (Phi) is 6.25. The van der Waals surface area contributed by atoms with Crippen LogP contribution in [0, 0.1) is 11.2 Å². The van der Waals surface area contributed by atoms with Gasteiger partial charge >= 0.3 is 6.09 Å². The zero-order valence-electron chi connectivity index (χ0n) is 19.3. The van der Waals surface area contributed by atoms with Crippen LogP contribution in [0.15, 0.2) is 29.2 Å². The van der Waals surface area contributed by atoms with Crippen LogP contribution in [0.3, 0.4) is 0 Å². The van der Waals surface area contributed by atoms with Crippen molar-refractivity contribution < 1.29 is 13.9 Å². The SMILES string of the molecule is CC(C)(C)OC(=O)N1CCC2(CCN(CCn3c(=O)ccc4ncc(F)cc43)CC2)CC1. The van der Waals surface area contributed by atoms with Gasteiger partial charge in [0, 0.05) is 38.3 Å². The zero-order valence-corrected chi connectivity index (χ0v) is 19.3. The first kappa shape index (κ1) is 22.7. The minimum atomic E-state index is -0.467. The van der Waals surface area contributed by atoms with E-state index >= 15 is 0 Å². The van der Waals surface area contributed by atoms with Gasteiger partial charge in [-0.25, -0.2) is 9.18 Å². The van der Waals surface area contributed by atoms with Gasteiger partial charge in [-0.15, -0.1) is 0 Å². The Morgan fingerprint density at radius 1 is 1.09 bits per heavy atom. The van der Waals surface area contributed by atoms with E-state index in [-0.39, 0.29) is 11.7 Å². The maximum absolute atomic E-state index is 13.7. The molecule has 1 amide bonds. The van der Waals surface area contributed by atoms with Crippen LogP contribution >= 0.6 is 0 Å². The number of carbonyl (C=O) groups is 1. The van der Waals surface area contributed by atoms with Crippen molar-refractivity contribution >= 4 is 17.1 Å². The van der Waals surface area contributed by atoms with E-state index in [4.69, 9.17) is 4.74 Å². The Morgan fingerprint density at radius 3 is 2.41 bits per heavy atom. The molecule has 0 aromatic carbocycles. The molecule has 4 heterocycles. The fraction of sp³-hybridized carbons (Fsp3) is 0.625. The molecule has 2 aromatic heterocycles. The van der Waals surface area contributed by atoms with Crippen molar-refractivity contribution in [3.05, 3.63) is 40.6 Å². The van der Waals surface area contributed by atoms with Crippen LogP contribution in [0.2, 0.25) is 0 Å². The first-order chi connectivity index (χ1) is 15.1. The second-order valence-corrected chi connectivity index (χ2v) is 10.2. The van der Waals surface area contributed by atoms with Crippen molar-refractivity contribution in [2.24, 2.45) is 5.41 Å². The van der Waals surface area contributed by atoms with Gasteiger partial charge in [0.2, 0.25) is 0 Å². The lowest BCUT2D eigenvalue weighted by Crippen LogP contribution is -2.49. The van der Waals surface area contributed by atoms with Crippen LogP contribution in [0.25, 0.3) is 11.0 Å². The van der Waals surface area contributed by atoms with Crippen molar-refractivity contribution in [2.45, 2.75) is 58.6 Å². The van der Waals surface area contributed by atoms with E-state index in [1.54, 1.807) is 10.6 Å². The molecular weight excluding hydrogens is 411 g/mol. The molecule has 0 aliphatic carbocycles. The Labute approximate surface area is 188 Å². The summed E-state index contributed by atoms with van der Waals surface area (Å²) < 4.78 is 20.8. The predicted octanol–water partition coefficient (Wildman–Crippen LogP) is 3.65. The van der Waals surface area contributed by atoms with Crippen LogP contribution < -0.4 is 5.56 Å². The van der Waals surface area contributed by atoms with E-state index in [0.29, 0.717) is 23.0 Å². The molecule has 2 aliphatic rings. The molecule has 8 heteroatoms. The second kappa shape index (κ2) is 8.81. The van der Waals surface area contributed by atoms with Crippen LogP contribution in [0.1, 0.15) is 46.5 Å². The van der Waals surface area contributed by atoms with E-state index in [0.717, 1.165) is 58.4 Å². The molecule has 2 aromatic rings. The van der Waals surface area contributed by atoms with Gasteiger partial charge in [0.1, 0.15) is 11.4 Å². The number of pyridine rings is 2. The normalized spacial score (nSPS) is 19.4. The number of hydrogen-bond acceptors (Lipinski definition) is 5. The summed E-state index contributed by atoms with van der Waals surface area (Å²) in [5.41, 5.74) is 0.859. The first-order valence-corrected chi connectivity index (χ1v) is 11.5. The number of hydrogen-bond donors (Lipinski definition) is 0. The summed E-state index contributed by atoms with van der Waals surface area (Å²) >= 11 is 0.